The van der Waals surface area contributed by atoms with E-state index in [-0.39, 0.29) is 5.82 Å². The van der Waals surface area contributed by atoms with Gasteiger partial charge in [0.1, 0.15) is 5.82 Å². The minimum absolute atomic E-state index is 0.292. The molecule has 1 unspecified atom stereocenters. The minimum atomic E-state index is -0.292. The number of hydrogen-bond acceptors (Lipinski definition) is 4. The summed E-state index contributed by atoms with van der Waals surface area (Å²) in [5, 5.41) is 0. The highest BCUT2D eigenvalue weighted by Gasteiger charge is 2.25. The molecular formula is C18H23FN2O2. The van der Waals surface area contributed by atoms with E-state index < -0.39 is 0 Å². The molecule has 1 aliphatic rings. The second-order valence-corrected chi connectivity index (χ2v) is 6.43. The van der Waals surface area contributed by atoms with E-state index in [1.165, 1.54) is 6.07 Å². The van der Waals surface area contributed by atoms with Gasteiger partial charge in [-0.25, -0.2) is 9.37 Å². The minimum Gasteiger partial charge on any atom is -0.439 e. The average Bonchev–Trinajstić information content (AvgIpc) is 2.97. The molecular weight excluding hydrogens is 295 g/mol. The maximum absolute atomic E-state index is 13.8. The molecule has 0 spiro atoms. The van der Waals surface area contributed by atoms with Crippen molar-refractivity contribution in [3.8, 4) is 11.3 Å². The summed E-state index contributed by atoms with van der Waals surface area (Å²) in [5.74, 6) is 1.42. The molecule has 1 saturated heterocycles. The number of nitrogens with zero attached hydrogens (tertiary/aromatic N) is 2. The molecule has 0 N–H and O–H groups in total. The Bertz CT molecular complexity index is 641. The van der Waals surface area contributed by atoms with Crippen LogP contribution in [-0.4, -0.2) is 35.7 Å². The quantitative estimate of drug-likeness (QED) is 0.842. The lowest BCUT2D eigenvalue weighted by Crippen LogP contribution is -2.45. The van der Waals surface area contributed by atoms with Gasteiger partial charge in [0.05, 0.1) is 31.5 Å². The molecule has 2 heterocycles. The fraction of sp³-hybridized carbons (Fsp3) is 0.500. The number of aromatic nitrogens is 1. The third kappa shape index (κ3) is 3.98. The van der Waals surface area contributed by atoms with Crippen LogP contribution in [-0.2, 0) is 11.3 Å². The summed E-state index contributed by atoms with van der Waals surface area (Å²) < 4.78 is 25.2. The molecule has 0 bridgehead atoms. The molecule has 0 radical (unpaired) electrons. The van der Waals surface area contributed by atoms with Crippen molar-refractivity contribution in [1.82, 2.24) is 9.88 Å². The van der Waals surface area contributed by atoms with E-state index in [0.29, 0.717) is 35.7 Å². The van der Waals surface area contributed by atoms with Crippen molar-refractivity contribution >= 4 is 0 Å². The van der Waals surface area contributed by atoms with E-state index in [2.05, 4.69) is 23.7 Å². The Morgan fingerprint density at radius 3 is 2.96 bits per heavy atom. The van der Waals surface area contributed by atoms with Crippen molar-refractivity contribution in [2.45, 2.75) is 32.9 Å². The fourth-order valence-corrected chi connectivity index (χ4v) is 3.00. The largest absolute Gasteiger partial charge is 0.439 e. The lowest BCUT2D eigenvalue weighted by molar-refractivity contribution is -0.0218. The Balaban J connectivity index is 1.72. The van der Waals surface area contributed by atoms with Crippen molar-refractivity contribution in [3.05, 3.63) is 42.2 Å². The first-order valence-electron chi connectivity index (χ1n) is 8.15. The van der Waals surface area contributed by atoms with E-state index in [1.54, 1.807) is 24.4 Å². The number of rotatable bonds is 5. The summed E-state index contributed by atoms with van der Waals surface area (Å²) in [5.41, 5.74) is 0.451. The molecule has 4 nitrogen and oxygen atoms in total. The normalized spacial score (nSPS) is 19.4. The van der Waals surface area contributed by atoms with Gasteiger partial charge in [-0.05, 0) is 24.5 Å². The van der Waals surface area contributed by atoms with E-state index in [1.807, 2.05) is 0 Å². The molecule has 1 atom stereocenters. The molecule has 124 valence electrons. The summed E-state index contributed by atoms with van der Waals surface area (Å²) in [4.78, 5) is 6.67. The standard InChI is InChI=1S/C18H23FN2O2/c1-13(2)9-14-12-22-8-7-21(14)11-18-20-10-17(23-18)15-5-3-4-6-16(15)19/h3-6,10,13-14H,7-9,11-12H2,1-2H3. The maximum atomic E-state index is 13.8. The molecule has 23 heavy (non-hydrogen) atoms. The Labute approximate surface area is 136 Å². The second kappa shape index (κ2) is 7.23. The highest BCUT2D eigenvalue weighted by molar-refractivity contribution is 5.56. The molecule has 2 aromatic rings. The fourth-order valence-electron chi connectivity index (χ4n) is 3.00. The predicted molar refractivity (Wildman–Crippen MR) is 86.4 cm³/mol. The van der Waals surface area contributed by atoms with Crippen LogP contribution in [0.2, 0.25) is 0 Å². The molecule has 0 saturated carbocycles. The van der Waals surface area contributed by atoms with Gasteiger partial charge in [0, 0.05) is 12.6 Å². The molecule has 1 aromatic heterocycles. The zero-order valence-electron chi connectivity index (χ0n) is 13.7. The summed E-state index contributed by atoms with van der Waals surface area (Å²) in [7, 11) is 0. The van der Waals surface area contributed by atoms with E-state index in [0.717, 1.165) is 26.2 Å². The van der Waals surface area contributed by atoms with Crippen LogP contribution in [0.25, 0.3) is 11.3 Å². The molecule has 3 rings (SSSR count). The Hall–Kier alpha value is -1.72. The van der Waals surface area contributed by atoms with Gasteiger partial charge in [-0.1, -0.05) is 26.0 Å². The maximum Gasteiger partial charge on any atom is 0.209 e. The summed E-state index contributed by atoms with van der Waals surface area (Å²) in [6, 6.07) is 6.97. The molecule has 1 aliphatic heterocycles. The number of morpholine rings is 1. The topological polar surface area (TPSA) is 38.5 Å². The van der Waals surface area contributed by atoms with Crippen molar-refractivity contribution in [2.75, 3.05) is 19.8 Å². The van der Waals surface area contributed by atoms with Gasteiger partial charge >= 0.3 is 0 Å². The Morgan fingerprint density at radius 1 is 1.35 bits per heavy atom. The number of oxazole rings is 1. The SMILES string of the molecule is CC(C)CC1COCCN1Cc1ncc(-c2ccccc2F)o1. The lowest BCUT2D eigenvalue weighted by Gasteiger charge is -2.35. The van der Waals surface area contributed by atoms with Gasteiger partial charge < -0.3 is 9.15 Å². The van der Waals surface area contributed by atoms with Crippen LogP contribution in [0.1, 0.15) is 26.2 Å². The van der Waals surface area contributed by atoms with Crippen molar-refractivity contribution in [1.29, 1.82) is 0 Å². The average molecular weight is 318 g/mol. The first-order chi connectivity index (χ1) is 11.1. The van der Waals surface area contributed by atoms with Crippen LogP contribution in [0.3, 0.4) is 0 Å². The van der Waals surface area contributed by atoms with Crippen molar-refractivity contribution in [3.63, 3.8) is 0 Å². The summed E-state index contributed by atoms with van der Waals surface area (Å²) >= 11 is 0. The highest BCUT2D eigenvalue weighted by Crippen LogP contribution is 2.25. The molecule has 1 aromatic carbocycles. The smallest absolute Gasteiger partial charge is 0.209 e. The first kappa shape index (κ1) is 16.1. The zero-order chi connectivity index (χ0) is 16.2. The van der Waals surface area contributed by atoms with Crippen molar-refractivity contribution < 1.29 is 13.5 Å². The van der Waals surface area contributed by atoms with E-state index in [9.17, 15) is 4.39 Å². The molecule has 5 heteroatoms. The van der Waals surface area contributed by atoms with E-state index in [4.69, 9.17) is 9.15 Å². The number of benzene rings is 1. The highest BCUT2D eigenvalue weighted by atomic mass is 19.1. The number of hydrogen-bond donors (Lipinski definition) is 0. The Kier molecular flexibility index (Phi) is 5.08. The van der Waals surface area contributed by atoms with Gasteiger partial charge in [0.2, 0.25) is 5.89 Å². The van der Waals surface area contributed by atoms with Gasteiger partial charge in [-0.15, -0.1) is 0 Å². The molecule has 1 fully saturated rings. The molecule has 0 aliphatic carbocycles. The van der Waals surface area contributed by atoms with Crippen molar-refractivity contribution in [2.24, 2.45) is 5.92 Å². The second-order valence-electron chi connectivity index (χ2n) is 6.43. The molecule has 0 amide bonds. The first-order valence-corrected chi connectivity index (χ1v) is 8.15. The zero-order valence-corrected chi connectivity index (χ0v) is 13.7. The van der Waals surface area contributed by atoms with Crippen LogP contribution in [0.4, 0.5) is 4.39 Å². The number of halogens is 1. The van der Waals surface area contributed by atoms with Crippen LogP contribution in [0.5, 0.6) is 0 Å². The van der Waals surface area contributed by atoms with Gasteiger partial charge in [-0.2, -0.15) is 0 Å². The van der Waals surface area contributed by atoms with E-state index >= 15 is 0 Å². The summed E-state index contributed by atoms with van der Waals surface area (Å²) in [6.45, 7) is 7.42. The van der Waals surface area contributed by atoms with Crippen LogP contribution < -0.4 is 0 Å². The lowest BCUT2D eigenvalue weighted by atomic mass is 10.0. The third-order valence-corrected chi connectivity index (χ3v) is 4.12. The number of ether oxygens (including phenoxy) is 1. The van der Waals surface area contributed by atoms with Crippen LogP contribution in [0.15, 0.2) is 34.9 Å². The Morgan fingerprint density at radius 2 is 2.17 bits per heavy atom. The van der Waals surface area contributed by atoms with Crippen LogP contribution >= 0.6 is 0 Å². The summed E-state index contributed by atoms with van der Waals surface area (Å²) in [6.07, 6.45) is 2.69. The van der Waals surface area contributed by atoms with Gasteiger partial charge in [0.25, 0.3) is 0 Å². The predicted octanol–water partition coefficient (Wildman–Crippen LogP) is 3.73. The third-order valence-electron chi connectivity index (χ3n) is 4.12. The monoisotopic (exact) mass is 318 g/mol. The van der Waals surface area contributed by atoms with Gasteiger partial charge in [-0.3, -0.25) is 4.90 Å². The van der Waals surface area contributed by atoms with Gasteiger partial charge in [0.15, 0.2) is 5.76 Å². The van der Waals surface area contributed by atoms with Crippen LogP contribution in [0, 0.1) is 11.7 Å².